The lowest BCUT2D eigenvalue weighted by Gasteiger charge is -2.25. The fourth-order valence-electron chi connectivity index (χ4n) is 4.89. The minimum absolute atomic E-state index is 0.0130. The van der Waals surface area contributed by atoms with Crippen LogP contribution < -0.4 is 16.4 Å². The number of rotatable bonds is 8. The fourth-order valence-corrected chi connectivity index (χ4v) is 5.80. The van der Waals surface area contributed by atoms with Crippen LogP contribution in [0.2, 0.25) is 0 Å². The molecule has 2 saturated heterocycles. The first-order valence-electron chi connectivity index (χ1n) is 13.1. The van der Waals surface area contributed by atoms with E-state index in [1.165, 1.54) is 40.5 Å². The van der Waals surface area contributed by atoms with E-state index < -0.39 is 53.8 Å². The molecule has 2 fully saturated rings. The second-order valence-corrected chi connectivity index (χ2v) is 10.9. The molecule has 2 atom stereocenters. The number of amides is 3. The summed E-state index contributed by atoms with van der Waals surface area (Å²) in [6.45, 7) is 1.92. The van der Waals surface area contributed by atoms with E-state index in [1.54, 1.807) is 18.4 Å². The second-order valence-electron chi connectivity index (χ2n) is 9.97. The van der Waals surface area contributed by atoms with Crippen LogP contribution >= 0.6 is 11.3 Å². The van der Waals surface area contributed by atoms with Crippen LogP contribution in [0, 0.1) is 17.0 Å². The van der Waals surface area contributed by atoms with Gasteiger partial charge in [-0.1, -0.05) is 12.1 Å². The van der Waals surface area contributed by atoms with Gasteiger partial charge in [0.1, 0.15) is 29.2 Å². The van der Waals surface area contributed by atoms with Gasteiger partial charge in [0.25, 0.3) is 5.91 Å². The number of hydrogen-bond donors (Lipinski definition) is 4. The predicted molar refractivity (Wildman–Crippen MR) is 149 cm³/mol. The molecule has 2 aliphatic rings. The number of hydrogen-bond acceptors (Lipinski definition) is 8. The van der Waals surface area contributed by atoms with Crippen molar-refractivity contribution in [2.24, 2.45) is 5.73 Å². The van der Waals surface area contributed by atoms with Gasteiger partial charge >= 0.3 is 0 Å². The van der Waals surface area contributed by atoms with E-state index in [2.05, 4.69) is 15.6 Å². The third-order valence-corrected chi connectivity index (χ3v) is 8.20. The Balaban J connectivity index is 1.24. The number of carbonyl (C=O) groups excluding carboxylic acids is 3. The van der Waals surface area contributed by atoms with Crippen LogP contribution in [-0.2, 0) is 19.1 Å². The zero-order chi connectivity index (χ0) is 30.0. The molecule has 0 saturated carbocycles. The molecule has 0 aliphatic carbocycles. The van der Waals surface area contributed by atoms with E-state index in [9.17, 15) is 23.2 Å². The highest BCUT2D eigenvalue weighted by Gasteiger charge is 2.52. The number of halogens is 2. The van der Waals surface area contributed by atoms with Crippen LogP contribution in [0.4, 0.5) is 8.78 Å². The lowest BCUT2D eigenvalue weighted by molar-refractivity contribution is -0.152. The molecule has 42 heavy (non-hydrogen) atoms. The Morgan fingerprint density at radius 3 is 2.57 bits per heavy atom. The molecule has 3 aromatic rings. The van der Waals surface area contributed by atoms with Gasteiger partial charge in [0.2, 0.25) is 11.8 Å². The molecule has 2 aromatic heterocycles. The number of ether oxygens (including phenoxy) is 2. The Bertz CT molecular complexity index is 1530. The monoisotopic (exact) mass is 598 g/mol. The number of nitrogen functional groups attached to an aromatic ring is 1. The SMILES string of the molecule is CC(NC(=O)[C@@H]1CC2(CN1C(=O)CNC(=O)c1cc(F)c(-c3ccc(F)cc3)cn1)OCCO2)c1cc(C(=N)N)cs1. The van der Waals surface area contributed by atoms with Crippen molar-refractivity contribution in [3.63, 3.8) is 0 Å². The minimum atomic E-state index is -1.13. The number of thiophene rings is 1. The fraction of sp³-hybridized carbons (Fsp3) is 0.321. The predicted octanol–water partition coefficient (Wildman–Crippen LogP) is 2.32. The third-order valence-electron chi connectivity index (χ3n) is 7.09. The normalized spacial score (nSPS) is 18.2. The molecule has 1 spiro atoms. The average molecular weight is 599 g/mol. The zero-order valence-electron chi connectivity index (χ0n) is 22.5. The summed E-state index contributed by atoms with van der Waals surface area (Å²) in [5.41, 5.74) is 6.32. The minimum Gasteiger partial charge on any atom is -0.384 e. The molecule has 2 aliphatic heterocycles. The largest absolute Gasteiger partial charge is 0.384 e. The maximum absolute atomic E-state index is 14.7. The van der Waals surface area contributed by atoms with E-state index in [0.717, 1.165) is 17.1 Å². The van der Waals surface area contributed by atoms with E-state index in [0.29, 0.717) is 24.3 Å². The Labute approximate surface area is 243 Å². The summed E-state index contributed by atoms with van der Waals surface area (Å²) >= 11 is 1.35. The van der Waals surface area contributed by atoms with Crippen LogP contribution in [-0.4, -0.2) is 71.6 Å². The molecule has 1 unspecified atom stereocenters. The molecule has 14 heteroatoms. The molecule has 0 radical (unpaired) electrons. The van der Waals surface area contributed by atoms with Crippen LogP contribution in [0.15, 0.2) is 48.0 Å². The summed E-state index contributed by atoms with van der Waals surface area (Å²) in [6, 6.07) is 6.46. The summed E-state index contributed by atoms with van der Waals surface area (Å²) in [4.78, 5) is 45.4. The Kier molecular flexibility index (Phi) is 8.29. The van der Waals surface area contributed by atoms with Crippen LogP contribution in [0.1, 0.15) is 40.3 Å². The summed E-state index contributed by atoms with van der Waals surface area (Å²) in [7, 11) is 0. The van der Waals surface area contributed by atoms with Crippen molar-refractivity contribution in [1.29, 1.82) is 5.41 Å². The van der Waals surface area contributed by atoms with Gasteiger partial charge < -0.3 is 30.7 Å². The van der Waals surface area contributed by atoms with Gasteiger partial charge in [-0.05, 0) is 30.7 Å². The van der Waals surface area contributed by atoms with E-state index >= 15 is 0 Å². The van der Waals surface area contributed by atoms with Crippen LogP contribution in [0.3, 0.4) is 0 Å². The number of nitrogens with one attached hydrogen (secondary N) is 3. The molecule has 5 N–H and O–H groups in total. The highest BCUT2D eigenvalue weighted by atomic mass is 32.1. The maximum Gasteiger partial charge on any atom is 0.270 e. The highest BCUT2D eigenvalue weighted by Crippen LogP contribution is 2.35. The molecular formula is C28H28F2N6O5S. The van der Waals surface area contributed by atoms with Gasteiger partial charge in [-0.2, -0.15) is 0 Å². The van der Waals surface area contributed by atoms with Crippen LogP contribution in [0.5, 0.6) is 0 Å². The van der Waals surface area contributed by atoms with Crippen molar-refractivity contribution >= 4 is 34.9 Å². The quantitative estimate of drug-likeness (QED) is 0.229. The standard InChI is InChI=1S/C28H28F2N6O5S/c1-15(23-8-17(13-42-23)25(31)32)35-27(39)22-10-28(40-6-7-41-28)14-36(22)24(37)12-34-26(38)21-9-20(30)19(11-33-21)16-2-4-18(29)5-3-16/h2-5,8-9,11,13,15,22H,6-7,10,12,14H2,1H3,(H3,31,32)(H,34,38)(H,35,39)/t15?,22-/m0/s1. The van der Waals surface area contributed by atoms with Crippen molar-refractivity contribution in [3.05, 3.63) is 75.7 Å². The summed E-state index contributed by atoms with van der Waals surface area (Å²) < 4.78 is 39.4. The number of nitrogens with zero attached hydrogens (tertiary/aromatic N) is 2. The van der Waals surface area contributed by atoms with Gasteiger partial charge in [-0.25, -0.2) is 8.78 Å². The Morgan fingerprint density at radius 2 is 1.93 bits per heavy atom. The summed E-state index contributed by atoms with van der Waals surface area (Å²) in [5, 5.41) is 14.6. The van der Waals surface area contributed by atoms with Crippen molar-refractivity contribution in [2.75, 3.05) is 26.3 Å². The first-order valence-corrected chi connectivity index (χ1v) is 13.9. The highest BCUT2D eigenvalue weighted by molar-refractivity contribution is 7.10. The first-order chi connectivity index (χ1) is 20.0. The smallest absolute Gasteiger partial charge is 0.270 e. The number of nitrogens with two attached hydrogens (primary N) is 1. The Hall–Kier alpha value is -4.27. The van der Waals surface area contributed by atoms with E-state index in [1.807, 2.05) is 0 Å². The number of pyridine rings is 1. The number of aromatic nitrogens is 1. The van der Waals surface area contributed by atoms with E-state index in [4.69, 9.17) is 20.6 Å². The van der Waals surface area contributed by atoms with Crippen molar-refractivity contribution in [3.8, 4) is 11.1 Å². The molecule has 3 amide bonds. The van der Waals surface area contributed by atoms with Crippen molar-refractivity contribution < 1.29 is 32.6 Å². The lowest BCUT2D eigenvalue weighted by atomic mass is 10.1. The number of benzene rings is 1. The topological polar surface area (TPSA) is 160 Å². The maximum atomic E-state index is 14.7. The Morgan fingerprint density at radius 1 is 1.21 bits per heavy atom. The molecule has 220 valence electrons. The van der Waals surface area contributed by atoms with Gasteiger partial charge in [0, 0.05) is 40.1 Å². The number of carbonyl (C=O) groups is 3. The van der Waals surface area contributed by atoms with Gasteiger partial charge in [-0.15, -0.1) is 11.3 Å². The van der Waals surface area contributed by atoms with Gasteiger partial charge in [0.05, 0.1) is 32.3 Å². The van der Waals surface area contributed by atoms with Gasteiger partial charge in [0.15, 0.2) is 5.79 Å². The number of amidine groups is 1. The van der Waals surface area contributed by atoms with E-state index in [-0.39, 0.29) is 30.1 Å². The molecule has 5 rings (SSSR count). The molecule has 11 nitrogen and oxygen atoms in total. The second kappa shape index (κ2) is 11.9. The lowest BCUT2D eigenvalue weighted by Crippen LogP contribution is -2.49. The number of likely N-dealkylation sites (tertiary alicyclic amines) is 1. The van der Waals surface area contributed by atoms with Crippen molar-refractivity contribution in [1.82, 2.24) is 20.5 Å². The summed E-state index contributed by atoms with van der Waals surface area (Å²) in [5.74, 6) is -4.20. The molecule has 0 bridgehead atoms. The summed E-state index contributed by atoms with van der Waals surface area (Å²) in [6.07, 6.45) is 1.26. The first kappa shape index (κ1) is 29.2. The van der Waals surface area contributed by atoms with Gasteiger partial charge in [-0.3, -0.25) is 24.8 Å². The average Bonchev–Trinajstić information content (AvgIpc) is 3.73. The van der Waals surface area contributed by atoms with Crippen LogP contribution in [0.25, 0.3) is 11.1 Å². The zero-order valence-corrected chi connectivity index (χ0v) is 23.3. The third kappa shape index (κ3) is 6.15. The molecule has 4 heterocycles. The van der Waals surface area contributed by atoms with Crippen molar-refractivity contribution in [2.45, 2.75) is 31.2 Å². The molecular weight excluding hydrogens is 570 g/mol. The molecule has 1 aromatic carbocycles.